The van der Waals surface area contributed by atoms with Gasteiger partial charge < -0.3 is 9.84 Å². The van der Waals surface area contributed by atoms with Crippen molar-refractivity contribution in [3.05, 3.63) is 94.6 Å². The van der Waals surface area contributed by atoms with Crippen LogP contribution in [0.3, 0.4) is 0 Å². The molecular weight excluding hydrogens is 461 g/mol. The molecule has 0 radical (unpaired) electrons. The number of ether oxygens (including phenoxy) is 1. The maximum Gasteiger partial charge on any atom is 0.417 e. The Hall–Kier alpha value is -2.97. The summed E-state index contributed by atoms with van der Waals surface area (Å²) in [5.41, 5.74) is 1.96. The summed E-state index contributed by atoms with van der Waals surface area (Å²) in [7, 11) is 0. The van der Waals surface area contributed by atoms with Gasteiger partial charge in [-0.05, 0) is 49.9 Å². The summed E-state index contributed by atoms with van der Waals surface area (Å²) >= 11 is 1.42. The molecule has 0 amide bonds. The lowest BCUT2D eigenvalue weighted by Gasteiger charge is -2.08. The number of alkyl halides is 3. The van der Waals surface area contributed by atoms with Gasteiger partial charge in [0.15, 0.2) is 0 Å². The Bertz CT molecular complexity index is 1030. The highest BCUT2D eigenvalue weighted by Gasteiger charge is 2.30. The standard InChI is InChI=1S/C15H14F3NO.C6H7NOS.C5H8/c1-2-4-11-5-3-6-13(9-11)20-14-8-7-12(10-19-14)15(16,17)18;1-2-5(8)6-7-3-4-9-6;1-2-5-3-4-5/h3,5-10H,2,4H2,1H3;2-5,8H,1H2;2H,3-4H2,1H3. The number of pyridine rings is 1. The van der Waals surface area contributed by atoms with Gasteiger partial charge in [0.25, 0.3) is 0 Å². The van der Waals surface area contributed by atoms with Gasteiger partial charge in [-0.1, -0.05) is 43.2 Å². The van der Waals surface area contributed by atoms with Crippen LogP contribution in [0.5, 0.6) is 11.6 Å². The van der Waals surface area contributed by atoms with Gasteiger partial charge in [0.1, 0.15) is 16.9 Å². The zero-order chi connectivity index (χ0) is 25.0. The fourth-order valence-electron chi connectivity index (χ4n) is 2.62. The molecule has 0 saturated heterocycles. The van der Waals surface area contributed by atoms with E-state index in [-0.39, 0.29) is 5.88 Å². The molecule has 1 aliphatic rings. The van der Waals surface area contributed by atoms with E-state index < -0.39 is 17.8 Å². The molecule has 2 heterocycles. The predicted molar refractivity (Wildman–Crippen MR) is 130 cm³/mol. The van der Waals surface area contributed by atoms with Crippen LogP contribution in [0.2, 0.25) is 0 Å². The highest BCUT2D eigenvalue weighted by molar-refractivity contribution is 7.09. The van der Waals surface area contributed by atoms with Crippen LogP contribution in [0, 0.1) is 0 Å². The molecule has 1 aliphatic carbocycles. The number of rotatable bonds is 6. The molecule has 34 heavy (non-hydrogen) atoms. The second-order valence-electron chi connectivity index (χ2n) is 7.38. The van der Waals surface area contributed by atoms with E-state index in [1.54, 1.807) is 17.8 Å². The van der Waals surface area contributed by atoms with E-state index in [4.69, 9.17) is 9.84 Å². The predicted octanol–water partition coefficient (Wildman–Crippen LogP) is 7.93. The first kappa shape index (κ1) is 27.3. The van der Waals surface area contributed by atoms with Crippen LogP contribution in [0.4, 0.5) is 13.2 Å². The molecule has 1 N–H and O–H groups in total. The minimum atomic E-state index is -4.38. The Balaban J connectivity index is 0.000000237. The Morgan fingerprint density at radius 2 is 1.97 bits per heavy atom. The first-order chi connectivity index (χ1) is 16.3. The van der Waals surface area contributed by atoms with E-state index >= 15 is 0 Å². The molecule has 0 bridgehead atoms. The summed E-state index contributed by atoms with van der Waals surface area (Å²) in [6.45, 7) is 7.61. The first-order valence-corrected chi connectivity index (χ1v) is 11.8. The monoisotopic (exact) mass is 490 g/mol. The molecule has 4 nitrogen and oxygen atoms in total. The van der Waals surface area contributed by atoms with Crippen molar-refractivity contribution in [3.63, 3.8) is 0 Å². The van der Waals surface area contributed by atoms with Crippen LogP contribution in [-0.4, -0.2) is 15.1 Å². The summed E-state index contributed by atoms with van der Waals surface area (Å²) in [6.07, 6.45) is 5.79. The van der Waals surface area contributed by atoms with Crippen molar-refractivity contribution in [2.75, 3.05) is 0 Å². The third-order valence-corrected chi connectivity index (χ3v) is 5.44. The zero-order valence-electron chi connectivity index (χ0n) is 19.3. The highest BCUT2D eigenvalue weighted by atomic mass is 32.1. The van der Waals surface area contributed by atoms with E-state index in [2.05, 4.69) is 36.5 Å². The number of nitrogens with zero attached hydrogens (tertiary/aromatic N) is 2. The fraction of sp³-hybridized carbons (Fsp3) is 0.308. The third-order valence-electron chi connectivity index (χ3n) is 4.60. The van der Waals surface area contributed by atoms with Crippen LogP contribution in [-0.2, 0) is 12.6 Å². The average Bonchev–Trinajstić information content (AvgIpc) is 3.51. The summed E-state index contributed by atoms with van der Waals surface area (Å²) in [6, 6.07) is 9.62. The van der Waals surface area contributed by atoms with Gasteiger partial charge in [0.05, 0.1) is 5.56 Å². The molecule has 3 aromatic rings. The molecule has 8 heteroatoms. The van der Waals surface area contributed by atoms with Crippen molar-refractivity contribution in [2.24, 2.45) is 0 Å². The van der Waals surface area contributed by atoms with Crippen LogP contribution in [0.15, 0.2) is 78.5 Å². The van der Waals surface area contributed by atoms with Gasteiger partial charge in [-0.25, -0.2) is 9.97 Å². The third kappa shape index (κ3) is 9.89. The zero-order valence-corrected chi connectivity index (χ0v) is 20.1. The summed E-state index contributed by atoms with van der Waals surface area (Å²) in [5.74, 6) is 0.717. The number of aromatic nitrogens is 2. The first-order valence-electron chi connectivity index (χ1n) is 10.9. The lowest BCUT2D eigenvalue weighted by Crippen LogP contribution is -2.05. The van der Waals surface area contributed by atoms with E-state index in [0.717, 1.165) is 30.7 Å². The largest absolute Gasteiger partial charge is 0.439 e. The Morgan fingerprint density at radius 3 is 2.44 bits per heavy atom. The maximum absolute atomic E-state index is 12.4. The Labute approximate surface area is 202 Å². The normalized spacial score (nSPS) is 12.9. The smallest absolute Gasteiger partial charge is 0.417 e. The van der Waals surface area contributed by atoms with Gasteiger partial charge in [0.2, 0.25) is 5.88 Å². The van der Waals surface area contributed by atoms with Crippen molar-refractivity contribution in [1.82, 2.24) is 9.97 Å². The lowest BCUT2D eigenvalue weighted by molar-refractivity contribution is -0.137. The van der Waals surface area contributed by atoms with Crippen LogP contribution in [0.1, 0.15) is 55.3 Å². The van der Waals surface area contributed by atoms with Gasteiger partial charge in [-0.2, -0.15) is 13.2 Å². The number of aryl methyl sites for hydroxylation is 1. The number of hydrogen-bond donors (Lipinski definition) is 1. The molecule has 1 fully saturated rings. The number of halogens is 3. The lowest BCUT2D eigenvalue weighted by atomic mass is 10.1. The molecular formula is C26H29F3N2O2S. The Morgan fingerprint density at radius 1 is 1.21 bits per heavy atom. The number of hydrogen-bond acceptors (Lipinski definition) is 5. The highest BCUT2D eigenvalue weighted by Crippen LogP contribution is 2.30. The second kappa shape index (κ2) is 13.7. The molecule has 1 aromatic carbocycles. The second-order valence-corrected chi connectivity index (χ2v) is 8.31. The van der Waals surface area contributed by atoms with Crippen molar-refractivity contribution in [1.29, 1.82) is 0 Å². The fourth-order valence-corrected chi connectivity index (χ4v) is 3.24. The minimum absolute atomic E-state index is 0.145. The molecule has 0 aliphatic heterocycles. The Kier molecular flexibility index (Phi) is 11.0. The van der Waals surface area contributed by atoms with Crippen molar-refractivity contribution in [3.8, 4) is 11.6 Å². The van der Waals surface area contributed by atoms with Crippen LogP contribution in [0.25, 0.3) is 0 Å². The van der Waals surface area contributed by atoms with Crippen molar-refractivity contribution in [2.45, 2.75) is 51.8 Å². The molecule has 0 spiro atoms. The van der Waals surface area contributed by atoms with Crippen molar-refractivity contribution < 1.29 is 23.0 Å². The van der Waals surface area contributed by atoms with Crippen LogP contribution >= 0.6 is 11.3 Å². The maximum atomic E-state index is 12.4. The van der Waals surface area contributed by atoms with Gasteiger partial charge in [-0.3, -0.25) is 0 Å². The summed E-state index contributed by atoms with van der Waals surface area (Å²) in [4.78, 5) is 7.56. The summed E-state index contributed by atoms with van der Waals surface area (Å²) < 4.78 is 42.7. The molecule has 2 aromatic heterocycles. The van der Waals surface area contributed by atoms with Gasteiger partial charge in [0, 0.05) is 23.8 Å². The van der Waals surface area contributed by atoms with Gasteiger partial charge >= 0.3 is 6.18 Å². The number of allylic oxidation sites excluding steroid dienone is 2. The molecule has 1 saturated carbocycles. The molecule has 182 valence electrons. The topological polar surface area (TPSA) is 55.2 Å². The van der Waals surface area contributed by atoms with E-state index in [1.165, 1.54) is 36.3 Å². The number of aliphatic hydroxyl groups excluding tert-OH is 1. The van der Waals surface area contributed by atoms with E-state index in [0.29, 0.717) is 10.8 Å². The molecule has 4 rings (SSSR count). The summed E-state index contributed by atoms with van der Waals surface area (Å²) in [5, 5.41) is 11.6. The van der Waals surface area contributed by atoms with Gasteiger partial charge in [-0.15, -0.1) is 17.9 Å². The SMILES string of the molecule is C=CC(O)c1nccs1.CC=C1CC1.CCCc1cccc(Oc2ccc(C(F)(F)F)cn2)c1. The number of benzene rings is 1. The average molecular weight is 491 g/mol. The van der Waals surface area contributed by atoms with Crippen LogP contribution < -0.4 is 4.74 Å². The quantitative estimate of drug-likeness (QED) is 0.357. The van der Waals surface area contributed by atoms with E-state index in [9.17, 15) is 13.2 Å². The number of aliphatic hydroxyl groups is 1. The molecule has 1 unspecified atom stereocenters. The minimum Gasteiger partial charge on any atom is -0.439 e. The van der Waals surface area contributed by atoms with Crippen molar-refractivity contribution >= 4 is 11.3 Å². The number of thiazole rings is 1. The molecule has 1 atom stereocenters. The van der Waals surface area contributed by atoms with E-state index in [1.807, 2.05) is 23.6 Å².